The number of hydrogen-bond acceptors (Lipinski definition) is 7. The molecular weight excluding hydrogens is 460 g/mol. The minimum Gasteiger partial charge on any atom is -0.420 e. The molecule has 0 saturated heterocycles. The lowest BCUT2D eigenvalue weighted by molar-refractivity contribution is 0.512. The van der Waals surface area contributed by atoms with Gasteiger partial charge in [-0.3, -0.25) is 13.8 Å². The van der Waals surface area contributed by atoms with Crippen LogP contribution in [0, 0.1) is 5.92 Å². The van der Waals surface area contributed by atoms with Crippen LogP contribution in [0.3, 0.4) is 0 Å². The number of halogens is 1. The molecule has 2 aromatic carbocycles. The summed E-state index contributed by atoms with van der Waals surface area (Å²) in [6, 6.07) is 14.8. The number of aryl methyl sites for hydroxylation is 1. The summed E-state index contributed by atoms with van der Waals surface area (Å²) in [4.78, 5) is 13.1. The van der Waals surface area contributed by atoms with Gasteiger partial charge in [0.05, 0.1) is 16.7 Å². The molecule has 0 unspecified atom stereocenters. The molecule has 0 aliphatic heterocycles. The number of nitrogens with zero attached hydrogens (tertiary/aromatic N) is 6. The first-order chi connectivity index (χ1) is 16.0. The Morgan fingerprint density at radius 1 is 1.03 bits per heavy atom. The van der Waals surface area contributed by atoms with E-state index in [9.17, 15) is 4.79 Å². The zero-order valence-corrected chi connectivity index (χ0v) is 19.7. The minimum atomic E-state index is -0.0489. The molecule has 33 heavy (non-hydrogen) atoms. The van der Waals surface area contributed by atoms with Gasteiger partial charge in [0.15, 0.2) is 5.16 Å². The predicted molar refractivity (Wildman–Crippen MR) is 129 cm³/mol. The summed E-state index contributed by atoms with van der Waals surface area (Å²) in [6.45, 7) is 4.86. The third-order valence-electron chi connectivity index (χ3n) is 5.29. The van der Waals surface area contributed by atoms with Crippen molar-refractivity contribution in [1.29, 1.82) is 0 Å². The molecule has 168 valence electrons. The van der Waals surface area contributed by atoms with Crippen LogP contribution in [0.2, 0.25) is 5.02 Å². The molecule has 0 aliphatic rings. The van der Waals surface area contributed by atoms with Crippen LogP contribution in [0.1, 0.15) is 26.2 Å². The Balaban J connectivity index is 1.48. The van der Waals surface area contributed by atoms with Crippen LogP contribution in [-0.4, -0.2) is 29.4 Å². The molecule has 5 aromatic rings. The molecule has 0 atom stereocenters. The molecule has 3 heterocycles. The molecule has 5 rings (SSSR count). The van der Waals surface area contributed by atoms with Crippen LogP contribution >= 0.6 is 23.4 Å². The Kier molecular flexibility index (Phi) is 5.90. The van der Waals surface area contributed by atoms with Crippen LogP contribution in [0.15, 0.2) is 62.9 Å². The Morgan fingerprint density at radius 3 is 2.61 bits per heavy atom. The zero-order chi connectivity index (χ0) is 22.9. The molecule has 8 nitrogen and oxygen atoms in total. The van der Waals surface area contributed by atoms with E-state index in [0.29, 0.717) is 51.3 Å². The number of benzene rings is 2. The summed E-state index contributed by atoms with van der Waals surface area (Å²) < 4.78 is 9.46. The summed E-state index contributed by atoms with van der Waals surface area (Å²) in [5, 5.41) is 19.0. The highest BCUT2D eigenvalue weighted by molar-refractivity contribution is 7.98. The minimum absolute atomic E-state index is 0.0489. The largest absolute Gasteiger partial charge is 0.420 e. The van der Waals surface area contributed by atoms with E-state index in [4.69, 9.17) is 16.0 Å². The van der Waals surface area contributed by atoms with Crippen molar-refractivity contribution in [3.8, 4) is 11.5 Å². The van der Waals surface area contributed by atoms with E-state index in [1.54, 1.807) is 16.7 Å². The maximum Gasteiger partial charge on any atom is 0.262 e. The van der Waals surface area contributed by atoms with Gasteiger partial charge in [-0.2, -0.15) is 0 Å². The standard InChI is InChI=1S/C23H21ClN6O2S/c1-14(2)11-12-29-21(31)17-5-3-4-6-18(17)30-22(29)27-28-23(30)33-13-19-25-26-20(32-19)15-7-9-16(24)10-8-15/h3-10,14H,11-13H2,1-2H3. The van der Waals surface area contributed by atoms with Crippen molar-refractivity contribution in [2.45, 2.75) is 37.7 Å². The average Bonchev–Trinajstić information content (AvgIpc) is 3.45. The van der Waals surface area contributed by atoms with Crippen molar-refractivity contribution in [1.82, 2.24) is 29.4 Å². The summed E-state index contributed by atoms with van der Waals surface area (Å²) in [7, 11) is 0. The van der Waals surface area contributed by atoms with Gasteiger partial charge < -0.3 is 4.42 Å². The van der Waals surface area contributed by atoms with Crippen LogP contribution in [0.5, 0.6) is 0 Å². The highest BCUT2D eigenvalue weighted by Crippen LogP contribution is 2.26. The number of rotatable bonds is 7. The normalized spacial score (nSPS) is 11.8. The molecular formula is C23H21ClN6O2S. The molecule has 0 bridgehead atoms. The number of thioether (sulfide) groups is 1. The summed E-state index contributed by atoms with van der Waals surface area (Å²) >= 11 is 7.38. The molecule has 0 amide bonds. The smallest absolute Gasteiger partial charge is 0.262 e. The van der Waals surface area contributed by atoms with E-state index in [0.717, 1.165) is 17.5 Å². The Morgan fingerprint density at radius 2 is 1.82 bits per heavy atom. The van der Waals surface area contributed by atoms with Gasteiger partial charge in [-0.1, -0.05) is 49.3 Å². The molecule has 0 radical (unpaired) electrons. The zero-order valence-electron chi connectivity index (χ0n) is 18.1. The van der Waals surface area contributed by atoms with Crippen LogP contribution in [0.25, 0.3) is 28.1 Å². The lowest BCUT2D eigenvalue weighted by Crippen LogP contribution is -2.24. The first kappa shape index (κ1) is 21.7. The van der Waals surface area contributed by atoms with E-state index >= 15 is 0 Å². The third-order valence-corrected chi connectivity index (χ3v) is 6.46. The Hall–Kier alpha value is -3.17. The molecule has 3 aromatic heterocycles. The van der Waals surface area contributed by atoms with Gasteiger partial charge in [0.25, 0.3) is 5.56 Å². The van der Waals surface area contributed by atoms with Gasteiger partial charge in [-0.05, 0) is 48.7 Å². The van der Waals surface area contributed by atoms with Gasteiger partial charge in [-0.15, -0.1) is 20.4 Å². The fourth-order valence-corrected chi connectivity index (χ4v) is 4.47. The maximum atomic E-state index is 13.1. The lowest BCUT2D eigenvalue weighted by Gasteiger charge is -2.12. The second-order valence-electron chi connectivity index (χ2n) is 8.07. The molecule has 0 spiro atoms. The van der Waals surface area contributed by atoms with Gasteiger partial charge in [0.2, 0.25) is 17.6 Å². The van der Waals surface area contributed by atoms with Gasteiger partial charge in [0.1, 0.15) is 0 Å². The van der Waals surface area contributed by atoms with Crippen LogP contribution < -0.4 is 5.56 Å². The second kappa shape index (κ2) is 8.99. The van der Waals surface area contributed by atoms with Gasteiger partial charge in [0, 0.05) is 17.1 Å². The number of fused-ring (bicyclic) bond motifs is 3. The number of aromatic nitrogens is 6. The van der Waals surface area contributed by atoms with Crippen molar-refractivity contribution in [2.75, 3.05) is 0 Å². The van der Waals surface area contributed by atoms with E-state index in [-0.39, 0.29) is 5.56 Å². The molecule has 0 saturated carbocycles. The molecule has 10 heteroatoms. The van der Waals surface area contributed by atoms with E-state index in [1.165, 1.54) is 11.8 Å². The number of hydrogen-bond donors (Lipinski definition) is 0. The monoisotopic (exact) mass is 480 g/mol. The molecule has 0 aliphatic carbocycles. The maximum absolute atomic E-state index is 13.1. The Bertz CT molecular complexity index is 1490. The molecule has 0 fully saturated rings. The van der Waals surface area contributed by atoms with Crippen molar-refractivity contribution >= 4 is 40.0 Å². The molecule has 0 N–H and O–H groups in total. The van der Waals surface area contributed by atoms with Crippen molar-refractivity contribution in [2.24, 2.45) is 5.92 Å². The van der Waals surface area contributed by atoms with Gasteiger partial charge >= 0.3 is 0 Å². The highest BCUT2D eigenvalue weighted by Gasteiger charge is 2.18. The topological polar surface area (TPSA) is 91.1 Å². The second-order valence-corrected chi connectivity index (χ2v) is 9.45. The van der Waals surface area contributed by atoms with E-state index < -0.39 is 0 Å². The van der Waals surface area contributed by atoms with E-state index in [2.05, 4.69) is 34.2 Å². The Labute approximate surface area is 198 Å². The SMILES string of the molecule is CC(C)CCn1c(=O)c2ccccc2n2c(SCc3nnc(-c4ccc(Cl)cc4)o3)nnc12. The van der Waals surface area contributed by atoms with Crippen molar-refractivity contribution in [3.05, 3.63) is 69.8 Å². The summed E-state index contributed by atoms with van der Waals surface area (Å²) in [5.41, 5.74) is 1.53. The van der Waals surface area contributed by atoms with Gasteiger partial charge in [-0.25, -0.2) is 0 Å². The first-order valence-electron chi connectivity index (χ1n) is 10.6. The van der Waals surface area contributed by atoms with Crippen molar-refractivity contribution < 1.29 is 4.42 Å². The van der Waals surface area contributed by atoms with E-state index in [1.807, 2.05) is 40.8 Å². The van der Waals surface area contributed by atoms with Crippen molar-refractivity contribution in [3.63, 3.8) is 0 Å². The first-order valence-corrected chi connectivity index (χ1v) is 12.0. The quantitative estimate of drug-likeness (QED) is 0.300. The number of para-hydroxylation sites is 1. The lowest BCUT2D eigenvalue weighted by atomic mass is 10.1. The summed E-state index contributed by atoms with van der Waals surface area (Å²) in [5.74, 6) is 2.32. The fraction of sp³-hybridized carbons (Fsp3) is 0.261. The summed E-state index contributed by atoms with van der Waals surface area (Å²) in [6.07, 6.45) is 0.874. The fourth-order valence-electron chi connectivity index (χ4n) is 3.56. The van der Waals surface area contributed by atoms with Crippen LogP contribution in [-0.2, 0) is 12.3 Å². The van der Waals surface area contributed by atoms with Crippen LogP contribution in [0.4, 0.5) is 0 Å². The predicted octanol–water partition coefficient (Wildman–Crippen LogP) is 5.09. The highest BCUT2D eigenvalue weighted by atomic mass is 35.5. The third kappa shape index (κ3) is 4.26. The average molecular weight is 481 g/mol.